The Bertz CT molecular complexity index is 329. The Morgan fingerprint density at radius 2 is 1.89 bits per heavy atom. The molecule has 0 saturated carbocycles. The summed E-state index contributed by atoms with van der Waals surface area (Å²) in [6, 6.07) is 0. The van der Waals surface area contributed by atoms with Gasteiger partial charge in [-0.25, -0.2) is 0 Å². The Morgan fingerprint density at radius 3 is 2.39 bits per heavy atom. The van der Waals surface area contributed by atoms with Crippen molar-refractivity contribution in [3.05, 3.63) is 12.7 Å². The molecule has 0 bridgehead atoms. The lowest BCUT2D eigenvalue weighted by Crippen LogP contribution is -2.72. The van der Waals surface area contributed by atoms with E-state index >= 15 is 0 Å². The van der Waals surface area contributed by atoms with Gasteiger partial charge < -0.3 is 9.80 Å². The van der Waals surface area contributed by atoms with E-state index in [0.29, 0.717) is 10.8 Å². The lowest BCUT2D eigenvalue weighted by atomic mass is 9.72. The van der Waals surface area contributed by atoms with Gasteiger partial charge in [-0.15, -0.1) is 0 Å². The Labute approximate surface area is 111 Å². The zero-order valence-corrected chi connectivity index (χ0v) is 12.0. The zero-order chi connectivity index (χ0) is 13.4. The molecule has 3 nitrogen and oxygen atoms in total. The third-order valence-corrected chi connectivity index (χ3v) is 4.06. The maximum atomic E-state index is 11.4. The Balaban J connectivity index is 1.61. The fourth-order valence-electron chi connectivity index (χ4n) is 3.14. The number of carbonyl (C=O) groups is 1. The number of carbonyl (C=O) groups excluding carboxylic acids is 1. The third-order valence-electron chi connectivity index (χ3n) is 4.06. The van der Waals surface area contributed by atoms with E-state index < -0.39 is 0 Å². The van der Waals surface area contributed by atoms with Crippen molar-refractivity contribution in [2.75, 3.05) is 32.7 Å². The molecule has 2 fully saturated rings. The normalized spacial score (nSPS) is 22.5. The highest BCUT2D eigenvalue weighted by molar-refractivity contribution is 5.87. The van der Waals surface area contributed by atoms with E-state index in [1.807, 2.05) is 4.90 Å². The molecule has 2 aliphatic rings. The van der Waals surface area contributed by atoms with Gasteiger partial charge in [-0.1, -0.05) is 27.4 Å². The minimum Gasteiger partial charge on any atom is -0.338 e. The van der Waals surface area contributed by atoms with Crippen LogP contribution in [0.5, 0.6) is 0 Å². The molecule has 18 heavy (non-hydrogen) atoms. The molecular formula is C15H26N2O. The van der Waals surface area contributed by atoms with Crippen molar-refractivity contribution in [3.63, 3.8) is 0 Å². The zero-order valence-electron chi connectivity index (χ0n) is 12.0. The van der Waals surface area contributed by atoms with Crippen LogP contribution in [-0.4, -0.2) is 48.4 Å². The van der Waals surface area contributed by atoms with Crippen LogP contribution in [0.3, 0.4) is 0 Å². The highest BCUT2D eigenvalue weighted by atomic mass is 16.2. The van der Waals surface area contributed by atoms with E-state index in [9.17, 15) is 4.79 Å². The van der Waals surface area contributed by atoms with E-state index in [0.717, 1.165) is 13.1 Å². The number of rotatable bonds is 4. The predicted octanol–water partition coefficient (Wildman–Crippen LogP) is 2.14. The summed E-state index contributed by atoms with van der Waals surface area (Å²) in [5.41, 5.74) is 0.882. The first kappa shape index (κ1) is 13.6. The van der Waals surface area contributed by atoms with Gasteiger partial charge in [0.15, 0.2) is 0 Å². The molecule has 2 aliphatic heterocycles. The van der Waals surface area contributed by atoms with Gasteiger partial charge in [-0.3, -0.25) is 4.79 Å². The summed E-state index contributed by atoms with van der Waals surface area (Å²) in [6.45, 7) is 15.9. The van der Waals surface area contributed by atoms with E-state index in [1.165, 1.54) is 38.6 Å². The molecule has 0 N–H and O–H groups in total. The SMILES string of the molecule is C=CC(=O)N1CC2(CN(CCCC(C)(C)C)C2)C1. The summed E-state index contributed by atoms with van der Waals surface area (Å²) in [6.07, 6.45) is 4.00. The molecular weight excluding hydrogens is 224 g/mol. The lowest BCUT2D eigenvalue weighted by Gasteiger charge is -2.60. The Morgan fingerprint density at radius 1 is 1.28 bits per heavy atom. The van der Waals surface area contributed by atoms with Crippen LogP contribution in [0, 0.1) is 10.8 Å². The van der Waals surface area contributed by atoms with Gasteiger partial charge >= 0.3 is 0 Å². The van der Waals surface area contributed by atoms with Crippen LogP contribution in [-0.2, 0) is 4.79 Å². The third kappa shape index (κ3) is 2.94. The summed E-state index contributed by atoms with van der Waals surface area (Å²) in [5, 5.41) is 0. The van der Waals surface area contributed by atoms with Gasteiger partial charge in [0.2, 0.25) is 5.91 Å². The topological polar surface area (TPSA) is 23.6 Å². The summed E-state index contributed by atoms with van der Waals surface area (Å²) in [5.74, 6) is 0.0896. The number of nitrogens with zero attached hydrogens (tertiary/aromatic N) is 2. The monoisotopic (exact) mass is 250 g/mol. The van der Waals surface area contributed by atoms with Crippen LogP contribution in [0.2, 0.25) is 0 Å². The van der Waals surface area contributed by atoms with Gasteiger partial charge in [-0.2, -0.15) is 0 Å². The second-order valence-electron chi connectivity index (χ2n) is 7.27. The summed E-state index contributed by atoms with van der Waals surface area (Å²) in [4.78, 5) is 15.8. The number of hydrogen-bond donors (Lipinski definition) is 0. The fourth-order valence-corrected chi connectivity index (χ4v) is 3.14. The summed E-state index contributed by atoms with van der Waals surface area (Å²) in [7, 11) is 0. The number of amides is 1. The van der Waals surface area contributed by atoms with Crippen molar-refractivity contribution < 1.29 is 4.79 Å². The second-order valence-corrected chi connectivity index (χ2v) is 7.27. The first-order valence-electron chi connectivity index (χ1n) is 6.97. The molecule has 102 valence electrons. The summed E-state index contributed by atoms with van der Waals surface area (Å²) < 4.78 is 0. The minimum atomic E-state index is 0.0896. The van der Waals surface area contributed by atoms with E-state index in [1.54, 1.807) is 0 Å². The van der Waals surface area contributed by atoms with Crippen LogP contribution in [0.15, 0.2) is 12.7 Å². The van der Waals surface area contributed by atoms with E-state index in [2.05, 4.69) is 32.3 Å². The molecule has 0 aromatic carbocycles. The average Bonchev–Trinajstić information content (AvgIpc) is 2.15. The molecule has 2 rings (SSSR count). The molecule has 0 radical (unpaired) electrons. The van der Waals surface area contributed by atoms with Crippen molar-refractivity contribution in [2.24, 2.45) is 10.8 Å². The fraction of sp³-hybridized carbons (Fsp3) is 0.800. The maximum Gasteiger partial charge on any atom is 0.245 e. The van der Waals surface area contributed by atoms with Crippen molar-refractivity contribution >= 4 is 5.91 Å². The number of likely N-dealkylation sites (tertiary alicyclic amines) is 2. The van der Waals surface area contributed by atoms with Gasteiger partial charge in [0.1, 0.15) is 0 Å². The van der Waals surface area contributed by atoms with Crippen LogP contribution in [0.4, 0.5) is 0 Å². The molecule has 0 unspecified atom stereocenters. The standard InChI is InChI=1S/C15H26N2O/c1-5-13(18)17-11-15(12-17)9-16(10-15)8-6-7-14(2,3)4/h5H,1,6-12H2,2-4H3. The average molecular weight is 250 g/mol. The van der Waals surface area contributed by atoms with Crippen LogP contribution < -0.4 is 0 Å². The Kier molecular flexibility index (Phi) is 3.54. The molecule has 0 aromatic rings. The highest BCUT2D eigenvalue weighted by Crippen LogP contribution is 2.39. The first-order valence-corrected chi connectivity index (χ1v) is 6.97. The second kappa shape index (κ2) is 4.69. The number of hydrogen-bond acceptors (Lipinski definition) is 2. The largest absolute Gasteiger partial charge is 0.338 e. The molecule has 3 heteroatoms. The lowest BCUT2D eigenvalue weighted by molar-refractivity contribution is -0.154. The van der Waals surface area contributed by atoms with Gasteiger partial charge in [0.05, 0.1) is 0 Å². The predicted molar refractivity (Wildman–Crippen MR) is 74.3 cm³/mol. The van der Waals surface area contributed by atoms with Crippen molar-refractivity contribution in [1.29, 1.82) is 0 Å². The summed E-state index contributed by atoms with van der Waals surface area (Å²) >= 11 is 0. The maximum absolute atomic E-state index is 11.4. The quantitative estimate of drug-likeness (QED) is 0.714. The molecule has 0 atom stereocenters. The molecule has 2 saturated heterocycles. The van der Waals surface area contributed by atoms with Gasteiger partial charge in [0, 0.05) is 31.6 Å². The Hall–Kier alpha value is -0.830. The molecule has 2 heterocycles. The molecule has 1 spiro atoms. The molecule has 1 amide bonds. The van der Waals surface area contributed by atoms with E-state index in [4.69, 9.17) is 0 Å². The molecule has 0 aliphatic carbocycles. The first-order chi connectivity index (χ1) is 8.34. The van der Waals surface area contributed by atoms with Crippen LogP contribution in [0.1, 0.15) is 33.6 Å². The van der Waals surface area contributed by atoms with Crippen molar-refractivity contribution in [3.8, 4) is 0 Å². The van der Waals surface area contributed by atoms with Crippen LogP contribution >= 0.6 is 0 Å². The molecule has 0 aromatic heterocycles. The highest BCUT2D eigenvalue weighted by Gasteiger charge is 2.52. The van der Waals surface area contributed by atoms with Gasteiger partial charge in [-0.05, 0) is 30.9 Å². The van der Waals surface area contributed by atoms with E-state index in [-0.39, 0.29) is 5.91 Å². The van der Waals surface area contributed by atoms with Crippen LogP contribution in [0.25, 0.3) is 0 Å². The minimum absolute atomic E-state index is 0.0896. The van der Waals surface area contributed by atoms with Crippen molar-refractivity contribution in [2.45, 2.75) is 33.6 Å². The van der Waals surface area contributed by atoms with Gasteiger partial charge in [0.25, 0.3) is 0 Å². The van der Waals surface area contributed by atoms with Crippen molar-refractivity contribution in [1.82, 2.24) is 9.80 Å². The smallest absolute Gasteiger partial charge is 0.245 e.